The van der Waals surface area contributed by atoms with Gasteiger partial charge in [0.05, 0.1) is 13.0 Å². The Balaban J connectivity index is 2.10. The zero-order valence-corrected chi connectivity index (χ0v) is 10.8. The average Bonchev–Trinajstić information content (AvgIpc) is 2.44. The first-order chi connectivity index (χ1) is 9.22. The van der Waals surface area contributed by atoms with Crippen LogP contribution in [0.3, 0.4) is 0 Å². The van der Waals surface area contributed by atoms with Gasteiger partial charge in [0.25, 0.3) is 0 Å². The number of aryl methyl sites for hydroxylation is 1. The summed E-state index contributed by atoms with van der Waals surface area (Å²) in [6.45, 7) is 0.203. The lowest BCUT2D eigenvalue weighted by Gasteiger charge is -2.05. The fraction of sp³-hybridized carbons (Fsp3) is 0.429. The minimum Gasteiger partial charge on any atom is -0.465 e. The molecule has 0 atom stereocenters. The molecular formula is C14H19NO4. The molecule has 0 saturated carbocycles. The third kappa shape index (κ3) is 7.21. The Morgan fingerprint density at radius 3 is 2.58 bits per heavy atom. The molecule has 104 valence electrons. The van der Waals surface area contributed by atoms with Gasteiger partial charge in [-0.2, -0.15) is 0 Å². The second kappa shape index (κ2) is 9.10. The van der Waals surface area contributed by atoms with Crippen LogP contribution in [0.2, 0.25) is 0 Å². The minimum atomic E-state index is -0.307. The highest BCUT2D eigenvalue weighted by atomic mass is 16.5. The maximum absolute atomic E-state index is 11.4. The van der Waals surface area contributed by atoms with E-state index in [9.17, 15) is 9.59 Å². The third-order valence-electron chi connectivity index (χ3n) is 2.49. The van der Waals surface area contributed by atoms with Gasteiger partial charge in [0.1, 0.15) is 6.61 Å². The van der Waals surface area contributed by atoms with Crippen LogP contribution in [0.5, 0.6) is 0 Å². The number of hydrogen-bond acceptors (Lipinski definition) is 4. The molecule has 0 aliphatic rings. The van der Waals surface area contributed by atoms with Gasteiger partial charge in [-0.3, -0.25) is 9.59 Å². The smallest absolute Gasteiger partial charge is 0.306 e. The topological polar surface area (TPSA) is 75.6 Å². The predicted octanol–water partition coefficient (Wildman–Crippen LogP) is 0.661. The van der Waals surface area contributed by atoms with Crippen molar-refractivity contribution in [1.82, 2.24) is 5.32 Å². The maximum Gasteiger partial charge on any atom is 0.306 e. The summed E-state index contributed by atoms with van der Waals surface area (Å²) in [5.41, 5.74) is 1.08. The first-order valence-corrected chi connectivity index (χ1v) is 6.29. The number of nitrogens with one attached hydrogen (secondary N) is 1. The van der Waals surface area contributed by atoms with Crippen LogP contribution in [-0.2, 0) is 20.7 Å². The fourth-order valence-corrected chi connectivity index (χ4v) is 1.50. The molecule has 0 heterocycles. The number of esters is 1. The van der Waals surface area contributed by atoms with Crippen LogP contribution in [0.1, 0.15) is 18.4 Å². The molecule has 1 amide bonds. The quantitative estimate of drug-likeness (QED) is 0.677. The van der Waals surface area contributed by atoms with Gasteiger partial charge in [-0.1, -0.05) is 30.3 Å². The molecule has 1 aromatic carbocycles. The molecule has 0 saturated heterocycles. The van der Waals surface area contributed by atoms with Gasteiger partial charge in [0.15, 0.2) is 0 Å². The molecule has 5 heteroatoms. The largest absolute Gasteiger partial charge is 0.465 e. The van der Waals surface area contributed by atoms with Crippen molar-refractivity contribution in [2.24, 2.45) is 0 Å². The van der Waals surface area contributed by atoms with E-state index in [-0.39, 0.29) is 38.1 Å². The Kier molecular flexibility index (Phi) is 7.27. The lowest BCUT2D eigenvalue weighted by Crippen LogP contribution is -2.27. The van der Waals surface area contributed by atoms with Crippen molar-refractivity contribution in [2.75, 3.05) is 19.8 Å². The standard InChI is InChI=1S/C14H19NO4/c16-10-9-15-13(17)8-11-19-14(18)7-6-12-4-2-1-3-5-12/h1-5,16H,6-11H2,(H,15,17). The van der Waals surface area contributed by atoms with Crippen LogP contribution >= 0.6 is 0 Å². The summed E-state index contributed by atoms with van der Waals surface area (Å²) in [5.74, 6) is -0.538. The lowest BCUT2D eigenvalue weighted by molar-refractivity contribution is -0.144. The molecule has 0 aliphatic heterocycles. The first kappa shape index (κ1) is 15.2. The van der Waals surface area contributed by atoms with Crippen LogP contribution in [0.15, 0.2) is 30.3 Å². The molecule has 0 spiro atoms. The van der Waals surface area contributed by atoms with E-state index >= 15 is 0 Å². The van der Waals surface area contributed by atoms with Gasteiger partial charge in [0.2, 0.25) is 5.91 Å². The molecule has 0 bridgehead atoms. The number of hydrogen-bond donors (Lipinski definition) is 2. The average molecular weight is 265 g/mol. The maximum atomic E-state index is 11.4. The van der Waals surface area contributed by atoms with Gasteiger partial charge >= 0.3 is 5.97 Å². The van der Waals surface area contributed by atoms with Crippen LogP contribution < -0.4 is 5.32 Å². The van der Waals surface area contributed by atoms with E-state index in [4.69, 9.17) is 9.84 Å². The number of rotatable bonds is 8. The molecule has 5 nitrogen and oxygen atoms in total. The van der Waals surface area contributed by atoms with Crippen molar-refractivity contribution in [3.05, 3.63) is 35.9 Å². The molecule has 2 N–H and O–H groups in total. The van der Waals surface area contributed by atoms with E-state index < -0.39 is 0 Å². The van der Waals surface area contributed by atoms with Crippen LogP contribution in [0.25, 0.3) is 0 Å². The highest BCUT2D eigenvalue weighted by Crippen LogP contribution is 2.03. The number of ether oxygens (including phenoxy) is 1. The summed E-state index contributed by atoms with van der Waals surface area (Å²) >= 11 is 0. The number of carbonyl (C=O) groups excluding carboxylic acids is 2. The summed E-state index contributed by atoms with van der Waals surface area (Å²) in [7, 11) is 0. The molecular weight excluding hydrogens is 246 g/mol. The van der Waals surface area contributed by atoms with E-state index in [1.165, 1.54) is 0 Å². The number of benzene rings is 1. The molecule has 0 radical (unpaired) electrons. The van der Waals surface area contributed by atoms with Gasteiger partial charge in [-0.15, -0.1) is 0 Å². The van der Waals surface area contributed by atoms with Crippen LogP contribution in [-0.4, -0.2) is 36.7 Å². The predicted molar refractivity (Wildman–Crippen MR) is 70.4 cm³/mol. The molecule has 1 rings (SSSR count). The Morgan fingerprint density at radius 1 is 1.16 bits per heavy atom. The van der Waals surface area contributed by atoms with E-state index in [1.807, 2.05) is 30.3 Å². The Hall–Kier alpha value is -1.88. The summed E-state index contributed by atoms with van der Waals surface area (Å²) < 4.78 is 4.95. The van der Waals surface area contributed by atoms with Crippen LogP contribution in [0.4, 0.5) is 0 Å². The minimum absolute atomic E-state index is 0.0743. The molecule has 0 aromatic heterocycles. The van der Waals surface area contributed by atoms with E-state index in [0.717, 1.165) is 5.56 Å². The first-order valence-electron chi connectivity index (χ1n) is 6.29. The SMILES string of the molecule is O=C(CCOC(=O)CCc1ccccc1)NCCO. The van der Waals surface area contributed by atoms with E-state index in [0.29, 0.717) is 12.8 Å². The Labute approximate surface area is 112 Å². The molecule has 0 unspecified atom stereocenters. The molecule has 1 aromatic rings. The van der Waals surface area contributed by atoms with E-state index in [1.54, 1.807) is 0 Å². The van der Waals surface area contributed by atoms with Gasteiger partial charge in [-0.25, -0.2) is 0 Å². The van der Waals surface area contributed by atoms with Gasteiger partial charge in [-0.05, 0) is 12.0 Å². The zero-order chi connectivity index (χ0) is 13.9. The summed E-state index contributed by atoms with van der Waals surface area (Å²) in [6, 6.07) is 9.68. The van der Waals surface area contributed by atoms with Crippen molar-refractivity contribution in [3.63, 3.8) is 0 Å². The van der Waals surface area contributed by atoms with E-state index in [2.05, 4.69) is 5.32 Å². The normalized spacial score (nSPS) is 9.95. The fourth-order valence-electron chi connectivity index (χ4n) is 1.50. The van der Waals surface area contributed by atoms with Crippen molar-refractivity contribution in [1.29, 1.82) is 0 Å². The third-order valence-corrected chi connectivity index (χ3v) is 2.49. The zero-order valence-electron chi connectivity index (χ0n) is 10.8. The van der Waals surface area contributed by atoms with Crippen molar-refractivity contribution >= 4 is 11.9 Å². The number of amides is 1. The monoisotopic (exact) mass is 265 g/mol. The second-order valence-corrected chi connectivity index (χ2v) is 4.03. The summed E-state index contributed by atoms with van der Waals surface area (Å²) in [5, 5.41) is 11.0. The van der Waals surface area contributed by atoms with Crippen LogP contribution in [0, 0.1) is 0 Å². The number of aliphatic hydroxyl groups is 1. The van der Waals surface area contributed by atoms with Gasteiger partial charge in [0, 0.05) is 13.0 Å². The highest BCUT2D eigenvalue weighted by molar-refractivity contribution is 5.76. The summed E-state index contributed by atoms with van der Waals surface area (Å²) in [6.07, 6.45) is 1.07. The lowest BCUT2D eigenvalue weighted by atomic mass is 10.1. The highest BCUT2D eigenvalue weighted by Gasteiger charge is 2.05. The molecule has 0 aliphatic carbocycles. The Morgan fingerprint density at radius 2 is 1.89 bits per heavy atom. The summed E-state index contributed by atoms with van der Waals surface area (Å²) in [4.78, 5) is 22.6. The molecule has 19 heavy (non-hydrogen) atoms. The number of carbonyl (C=O) groups is 2. The van der Waals surface area contributed by atoms with Crippen molar-refractivity contribution < 1.29 is 19.4 Å². The molecule has 0 fully saturated rings. The second-order valence-electron chi connectivity index (χ2n) is 4.03. The Bertz CT molecular complexity index is 392. The van der Waals surface area contributed by atoms with Crippen molar-refractivity contribution in [3.8, 4) is 0 Å². The van der Waals surface area contributed by atoms with Crippen molar-refractivity contribution in [2.45, 2.75) is 19.3 Å². The van der Waals surface area contributed by atoms with Gasteiger partial charge < -0.3 is 15.2 Å². The number of aliphatic hydroxyl groups excluding tert-OH is 1.